The molecule has 3 aromatic carbocycles. The fraction of sp³-hybridized carbons (Fsp3) is 0.0833. The van der Waals surface area contributed by atoms with Gasteiger partial charge in [0.05, 0.1) is 5.56 Å². The topological polar surface area (TPSA) is 68.5 Å². The van der Waals surface area contributed by atoms with Crippen LogP contribution in [0.25, 0.3) is 22.1 Å². The number of carbonyl (C=O) groups is 1. The highest BCUT2D eigenvalue weighted by atomic mass is 16.5. The number of hydrogen-bond acceptors (Lipinski definition) is 4. The monoisotopic (exact) mass is 385 g/mol. The maximum atomic E-state index is 12.4. The first-order valence-corrected chi connectivity index (χ1v) is 9.21. The third kappa shape index (κ3) is 4.35. The van der Waals surface area contributed by atoms with Crippen molar-refractivity contribution in [2.75, 3.05) is 11.9 Å². The maximum absolute atomic E-state index is 12.4. The highest BCUT2D eigenvalue weighted by molar-refractivity contribution is 5.92. The Labute approximate surface area is 167 Å². The first-order chi connectivity index (χ1) is 14.1. The first-order valence-electron chi connectivity index (χ1n) is 9.21. The van der Waals surface area contributed by atoms with Crippen LogP contribution >= 0.6 is 0 Å². The number of hydrogen-bond donors (Lipinski definition) is 1. The molecule has 0 saturated carbocycles. The number of carbonyl (C=O) groups excluding carboxylic acids is 1. The summed E-state index contributed by atoms with van der Waals surface area (Å²) in [4.78, 5) is 24.4. The van der Waals surface area contributed by atoms with Gasteiger partial charge in [-0.15, -0.1) is 0 Å². The largest absolute Gasteiger partial charge is 0.484 e. The van der Waals surface area contributed by atoms with Gasteiger partial charge in [0.25, 0.3) is 5.91 Å². The summed E-state index contributed by atoms with van der Waals surface area (Å²) in [5.41, 5.74) is 3.12. The van der Waals surface area contributed by atoms with Crippen molar-refractivity contribution >= 4 is 22.6 Å². The highest BCUT2D eigenvalue weighted by Gasteiger charge is 2.09. The second-order valence-electron chi connectivity index (χ2n) is 6.72. The molecule has 5 heteroatoms. The smallest absolute Gasteiger partial charge is 0.344 e. The molecular formula is C24H19NO4. The molecule has 0 aliphatic heterocycles. The molecular weight excluding hydrogens is 366 g/mol. The number of nitrogens with one attached hydrogen (secondary N) is 1. The molecule has 0 aliphatic carbocycles. The van der Waals surface area contributed by atoms with Gasteiger partial charge in [-0.1, -0.05) is 48.0 Å². The van der Waals surface area contributed by atoms with Crippen molar-refractivity contribution in [2.24, 2.45) is 0 Å². The average molecular weight is 385 g/mol. The molecule has 1 amide bonds. The molecule has 0 aliphatic rings. The van der Waals surface area contributed by atoms with Crippen LogP contribution in [0.3, 0.4) is 0 Å². The molecule has 0 radical (unpaired) electrons. The Morgan fingerprint density at radius 3 is 2.48 bits per heavy atom. The minimum Gasteiger partial charge on any atom is -0.484 e. The van der Waals surface area contributed by atoms with Gasteiger partial charge < -0.3 is 14.5 Å². The summed E-state index contributed by atoms with van der Waals surface area (Å²) in [5.74, 6) is 0.182. The number of rotatable bonds is 5. The van der Waals surface area contributed by atoms with E-state index in [-0.39, 0.29) is 12.5 Å². The predicted octanol–water partition coefficient (Wildman–Crippen LogP) is 4.79. The normalized spacial score (nSPS) is 10.7. The zero-order chi connectivity index (χ0) is 20.2. The van der Waals surface area contributed by atoms with Crippen LogP contribution in [-0.2, 0) is 4.79 Å². The number of benzene rings is 3. The van der Waals surface area contributed by atoms with Crippen molar-refractivity contribution in [3.05, 3.63) is 94.8 Å². The fourth-order valence-corrected chi connectivity index (χ4v) is 2.98. The molecule has 0 saturated heterocycles. The molecule has 0 fully saturated rings. The van der Waals surface area contributed by atoms with Crippen molar-refractivity contribution in [1.82, 2.24) is 0 Å². The zero-order valence-corrected chi connectivity index (χ0v) is 15.8. The number of anilines is 1. The van der Waals surface area contributed by atoms with Gasteiger partial charge in [-0.05, 0) is 42.8 Å². The lowest BCUT2D eigenvalue weighted by atomic mass is 10.1. The number of ether oxygens (including phenoxy) is 1. The van der Waals surface area contributed by atoms with Gasteiger partial charge in [-0.3, -0.25) is 4.79 Å². The van der Waals surface area contributed by atoms with Gasteiger partial charge in [-0.2, -0.15) is 0 Å². The summed E-state index contributed by atoms with van der Waals surface area (Å²) in [6.07, 6.45) is 0. The molecule has 0 spiro atoms. The summed E-state index contributed by atoms with van der Waals surface area (Å²) < 4.78 is 11.0. The Bertz CT molecular complexity index is 1210. The summed E-state index contributed by atoms with van der Waals surface area (Å²) in [7, 11) is 0. The van der Waals surface area contributed by atoms with Crippen molar-refractivity contribution in [1.29, 1.82) is 0 Å². The van der Waals surface area contributed by atoms with Crippen LogP contribution in [0.5, 0.6) is 5.75 Å². The predicted molar refractivity (Wildman–Crippen MR) is 113 cm³/mol. The summed E-state index contributed by atoms with van der Waals surface area (Å²) in [5, 5.41) is 3.55. The Morgan fingerprint density at radius 1 is 0.966 bits per heavy atom. The Kier molecular flexibility index (Phi) is 5.12. The van der Waals surface area contributed by atoms with Crippen LogP contribution in [0.4, 0.5) is 5.69 Å². The molecule has 144 valence electrons. The maximum Gasteiger partial charge on any atom is 0.344 e. The summed E-state index contributed by atoms with van der Waals surface area (Å²) >= 11 is 0. The van der Waals surface area contributed by atoms with E-state index in [1.165, 1.54) is 0 Å². The number of fused-ring (bicyclic) bond motifs is 1. The molecule has 1 heterocycles. The standard InChI is InChI=1S/C24H19NO4/c1-16-7-10-19(11-8-16)25-23(26)15-28-20-12-9-18-13-21(17-5-3-2-4-6-17)24(27)29-22(18)14-20/h2-14H,15H2,1H3,(H,25,26). The second kappa shape index (κ2) is 8.02. The van der Waals surface area contributed by atoms with Crippen molar-refractivity contribution in [2.45, 2.75) is 6.92 Å². The van der Waals surface area contributed by atoms with E-state index >= 15 is 0 Å². The molecule has 1 N–H and O–H groups in total. The summed E-state index contributed by atoms with van der Waals surface area (Å²) in [6, 6.07) is 23.8. The van der Waals surface area contributed by atoms with Crippen molar-refractivity contribution < 1.29 is 13.9 Å². The summed E-state index contributed by atoms with van der Waals surface area (Å²) in [6.45, 7) is 1.83. The molecule has 29 heavy (non-hydrogen) atoms. The van der Waals surface area contributed by atoms with Crippen LogP contribution in [0.1, 0.15) is 5.56 Å². The molecule has 5 nitrogen and oxygen atoms in total. The Hall–Kier alpha value is -3.86. The molecule has 4 rings (SSSR count). The minimum absolute atomic E-state index is 0.147. The molecule has 0 atom stereocenters. The fourth-order valence-electron chi connectivity index (χ4n) is 2.98. The van der Waals surface area contributed by atoms with E-state index in [4.69, 9.17) is 9.15 Å². The lowest BCUT2D eigenvalue weighted by Gasteiger charge is -2.09. The van der Waals surface area contributed by atoms with Gasteiger partial charge in [0.1, 0.15) is 11.3 Å². The SMILES string of the molecule is Cc1ccc(NC(=O)COc2ccc3cc(-c4ccccc4)c(=O)oc3c2)cc1. The third-order valence-electron chi connectivity index (χ3n) is 4.50. The van der Waals surface area contributed by atoms with E-state index in [0.717, 1.165) is 16.5 Å². The average Bonchev–Trinajstić information content (AvgIpc) is 2.74. The second-order valence-corrected chi connectivity index (χ2v) is 6.72. The van der Waals surface area contributed by atoms with E-state index in [0.29, 0.717) is 22.6 Å². The number of amides is 1. The van der Waals surface area contributed by atoms with Gasteiger partial charge >= 0.3 is 5.63 Å². The van der Waals surface area contributed by atoms with Crippen LogP contribution in [0, 0.1) is 6.92 Å². The van der Waals surface area contributed by atoms with E-state index in [9.17, 15) is 9.59 Å². The van der Waals surface area contributed by atoms with Gasteiger partial charge in [0.2, 0.25) is 0 Å². The highest BCUT2D eigenvalue weighted by Crippen LogP contribution is 2.24. The van der Waals surface area contributed by atoms with Crippen LogP contribution in [0.2, 0.25) is 0 Å². The number of aryl methyl sites for hydroxylation is 1. The minimum atomic E-state index is -0.419. The lowest BCUT2D eigenvalue weighted by Crippen LogP contribution is -2.20. The quantitative estimate of drug-likeness (QED) is 0.502. The van der Waals surface area contributed by atoms with E-state index in [2.05, 4.69) is 5.32 Å². The van der Waals surface area contributed by atoms with Crippen LogP contribution in [-0.4, -0.2) is 12.5 Å². The Balaban J connectivity index is 1.48. The Morgan fingerprint density at radius 2 is 1.72 bits per heavy atom. The zero-order valence-electron chi connectivity index (χ0n) is 15.8. The first kappa shape index (κ1) is 18.5. The molecule has 1 aromatic heterocycles. The van der Waals surface area contributed by atoms with Gasteiger partial charge in [0.15, 0.2) is 6.61 Å². The van der Waals surface area contributed by atoms with E-state index in [1.54, 1.807) is 24.3 Å². The lowest BCUT2D eigenvalue weighted by molar-refractivity contribution is -0.118. The molecule has 0 unspecified atom stereocenters. The van der Waals surface area contributed by atoms with Gasteiger partial charge in [0, 0.05) is 17.1 Å². The van der Waals surface area contributed by atoms with Crippen LogP contribution < -0.4 is 15.7 Å². The van der Waals surface area contributed by atoms with Gasteiger partial charge in [-0.25, -0.2) is 4.79 Å². The third-order valence-corrected chi connectivity index (χ3v) is 4.50. The van der Waals surface area contributed by atoms with E-state index in [1.807, 2.05) is 61.5 Å². The van der Waals surface area contributed by atoms with Crippen molar-refractivity contribution in [3.63, 3.8) is 0 Å². The van der Waals surface area contributed by atoms with Crippen LogP contribution in [0.15, 0.2) is 88.1 Å². The molecule has 4 aromatic rings. The van der Waals surface area contributed by atoms with E-state index < -0.39 is 5.63 Å². The van der Waals surface area contributed by atoms with Crippen molar-refractivity contribution in [3.8, 4) is 16.9 Å². The molecule has 0 bridgehead atoms.